The van der Waals surface area contributed by atoms with Gasteiger partial charge in [0.2, 0.25) is 12.1 Å². The molecule has 4 saturated heterocycles. The van der Waals surface area contributed by atoms with Crippen molar-refractivity contribution in [2.75, 3.05) is 33.0 Å². The molecule has 4 aliphatic rings. The van der Waals surface area contributed by atoms with Crippen LogP contribution in [0, 0.1) is 0 Å². The Hall–Kier alpha value is -7.86. The molecule has 0 unspecified atom stereocenters. The van der Waals surface area contributed by atoms with E-state index in [4.69, 9.17) is 99.5 Å². The highest BCUT2D eigenvalue weighted by atomic mass is 16.8. The molecule has 39 heteroatoms. The average Bonchev–Trinajstić information content (AvgIpc) is 1.73. The van der Waals surface area contributed by atoms with Crippen LogP contribution in [0.5, 0.6) is 0 Å². The van der Waals surface area contributed by atoms with Crippen LogP contribution < -0.4 is 0 Å². The van der Waals surface area contributed by atoms with Gasteiger partial charge >= 0.3 is 83.6 Å². The summed E-state index contributed by atoms with van der Waals surface area (Å²) >= 11 is 0. The molecule has 8 N–H and O–H groups in total. The molecule has 0 radical (unpaired) electrons. The predicted octanol–water partition coefficient (Wildman–Crippen LogP) is -5.05. The van der Waals surface area contributed by atoms with Gasteiger partial charge in [-0.1, -0.05) is 0 Å². The monoisotopic (exact) mass is 1330 g/mol. The normalized spacial score (nSPS) is 30.4. The van der Waals surface area contributed by atoms with Gasteiger partial charge in [0, 0.05) is 96.9 Å². The van der Waals surface area contributed by atoms with Crippen LogP contribution in [-0.2, 0) is 167 Å². The molecule has 0 amide bonds. The maximum absolute atomic E-state index is 13.0. The molecule has 0 aromatic rings. The molecule has 0 aromatic heterocycles. The topological polar surface area (TPSA) is 559 Å². The molecule has 91 heavy (non-hydrogen) atoms. The molecular formula is C52H78O39. The molecule has 4 heterocycles. The fourth-order valence-electron chi connectivity index (χ4n) is 9.38. The van der Waals surface area contributed by atoms with Gasteiger partial charge in [-0.2, -0.15) is 0 Å². The Kier molecular flexibility index (Phi) is 34.2. The van der Waals surface area contributed by atoms with Crippen LogP contribution in [0.3, 0.4) is 0 Å². The van der Waals surface area contributed by atoms with E-state index in [1.54, 1.807) is 0 Å². The summed E-state index contributed by atoms with van der Waals surface area (Å²) in [6.07, 6.45) is -34.0. The Balaban J connectivity index is 0.0000202. The van der Waals surface area contributed by atoms with Gasteiger partial charge in [0.05, 0.1) is 13.2 Å². The summed E-state index contributed by atoms with van der Waals surface area (Å²) in [6.45, 7) is 8.70. The van der Waals surface area contributed by atoms with Crippen molar-refractivity contribution in [2.45, 2.75) is 213 Å². The van der Waals surface area contributed by atoms with E-state index in [1.807, 2.05) is 0 Å². The Morgan fingerprint density at radius 2 is 0.527 bits per heavy atom. The third-order valence-corrected chi connectivity index (χ3v) is 12.1. The highest BCUT2D eigenvalue weighted by Crippen LogP contribution is 2.42. The van der Waals surface area contributed by atoms with Gasteiger partial charge in [-0.3, -0.25) is 67.1 Å². The minimum Gasteiger partial charge on any atom is -0.463 e. The smallest absolute Gasteiger partial charge is 0.303 e. The molecule has 0 aliphatic carbocycles. The molecule has 0 saturated carbocycles. The number of hydrogen-bond acceptors (Lipinski definition) is 35. The van der Waals surface area contributed by atoms with Gasteiger partial charge in [-0.05, 0) is 0 Å². The first kappa shape index (κ1) is 83.1. The molecular weight excluding hydrogens is 1250 g/mol. The van der Waals surface area contributed by atoms with Crippen molar-refractivity contribution < 1.29 is 189 Å². The molecule has 4 rings (SSSR count). The summed E-state index contributed by atoms with van der Waals surface area (Å²) in [5.74, 6) is -17.2. The lowest BCUT2D eigenvalue weighted by molar-refractivity contribution is -0.389. The van der Waals surface area contributed by atoms with Crippen LogP contribution in [-0.4, -0.2) is 255 Å². The second kappa shape index (κ2) is 37.5. The van der Waals surface area contributed by atoms with Gasteiger partial charge in [0.25, 0.3) is 0 Å². The van der Waals surface area contributed by atoms with Gasteiger partial charge in [-0.25, -0.2) is 0 Å². The molecule has 4 fully saturated rings. The maximum atomic E-state index is 13.0. The maximum Gasteiger partial charge on any atom is 0.303 e. The molecule has 0 bridgehead atoms. The SMILES string of the molecule is CC(=O)OC[C@H]1O[C@H](OC[C@H]2O[C@H](OC[C@H]3O[C@H](O[C@]4(COC(C)=O)O[C@H](COC(C)=O)[C@@H](OC(C)=O)[C@@H]4OC(C)=O)[C@H](OC(C)=O)[C@@H](OC(C)=O)[C@@H]3OC(C)=O)[C@H](OC(C)=O)[C@@H](OC(C)=O)[C@H]2OC(C)=O)[C@H](OC(C)=O)[C@@H](OC(C)=O)[C@H]1OC(C)=O.O.O.O.O. The van der Waals surface area contributed by atoms with Crippen LogP contribution >= 0.6 is 0 Å². The lowest BCUT2D eigenvalue weighted by Crippen LogP contribution is -2.66. The van der Waals surface area contributed by atoms with Crippen LogP contribution in [0.1, 0.15) is 96.9 Å². The Bertz CT molecular complexity index is 2550. The summed E-state index contributed by atoms with van der Waals surface area (Å²) in [5, 5.41) is 0. The van der Waals surface area contributed by atoms with Gasteiger partial charge in [0.15, 0.2) is 79.7 Å². The minimum atomic E-state index is -2.76. The van der Waals surface area contributed by atoms with Gasteiger partial charge < -0.3 is 121 Å². The van der Waals surface area contributed by atoms with Crippen LogP contribution in [0.2, 0.25) is 0 Å². The zero-order valence-electron chi connectivity index (χ0n) is 51.7. The Morgan fingerprint density at radius 1 is 0.275 bits per heavy atom. The highest BCUT2D eigenvalue weighted by Gasteiger charge is 2.65. The fraction of sp³-hybridized carbons (Fsp3) is 0.731. The molecule has 0 aromatic carbocycles. The van der Waals surface area contributed by atoms with Crippen LogP contribution in [0.4, 0.5) is 0 Å². The van der Waals surface area contributed by atoms with E-state index in [1.165, 1.54) is 0 Å². The number of rotatable bonds is 25. The summed E-state index contributed by atoms with van der Waals surface area (Å²) in [5.41, 5.74) is 0. The number of carbonyl (C=O) groups is 14. The quantitative estimate of drug-likeness (QED) is 0.0610. The average molecular weight is 1330 g/mol. The first-order valence-electron chi connectivity index (χ1n) is 26.5. The highest BCUT2D eigenvalue weighted by molar-refractivity contribution is 5.72. The number of ether oxygens (including phenoxy) is 21. The summed E-state index contributed by atoms with van der Waals surface area (Å²) in [4.78, 5) is 178. The predicted molar refractivity (Wildman–Crippen MR) is 282 cm³/mol. The largest absolute Gasteiger partial charge is 0.463 e. The van der Waals surface area contributed by atoms with E-state index in [2.05, 4.69) is 0 Å². The zero-order chi connectivity index (χ0) is 65.4. The van der Waals surface area contributed by atoms with E-state index < -0.39 is 233 Å². The van der Waals surface area contributed by atoms with E-state index in [0.717, 1.165) is 96.9 Å². The van der Waals surface area contributed by atoms with Crippen LogP contribution in [0.15, 0.2) is 0 Å². The van der Waals surface area contributed by atoms with Crippen molar-refractivity contribution in [3.8, 4) is 0 Å². The standard InChI is InChI=1S/C52H70O35.4H2O/c1-20(53)67-15-34-38(72-23(4)56)42(76-27(8)60)45(79-30(11)63)49(83-34)69-16-35-39(73-24(5)57)43(77-28(9)61)46(80-31(12)64)50(84-35)70-17-36-40(74-25(6)58)44(78-29(10)62)47(81-32(13)65)51(85-36)87-52(19-71-22(3)55)48(82-33(14)66)41(75-26(7)59)37(86-52)18-68-21(2)54;;;;/h34-51H,15-19H2,1-14H3;4*1H2/t34-,35-,36-,37-,38+,39+,40-,41-,42+,43+,44+,45-,46-,47-,48+,49+,50+,51-,52+;;;;/m1..../s1. The van der Waals surface area contributed by atoms with E-state index in [0.29, 0.717) is 0 Å². The second-order valence-electron chi connectivity index (χ2n) is 19.5. The number of hydrogen-bond donors (Lipinski definition) is 0. The van der Waals surface area contributed by atoms with Gasteiger partial charge in [0.1, 0.15) is 44.2 Å². The third-order valence-electron chi connectivity index (χ3n) is 12.1. The fourth-order valence-corrected chi connectivity index (χ4v) is 9.38. The Labute approximate surface area is 517 Å². The van der Waals surface area contributed by atoms with Crippen molar-refractivity contribution in [2.24, 2.45) is 0 Å². The lowest BCUT2D eigenvalue weighted by atomic mass is 9.96. The number of carbonyl (C=O) groups excluding carboxylic acids is 14. The first-order chi connectivity index (χ1) is 40.6. The zero-order valence-corrected chi connectivity index (χ0v) is 51.7. The van der Waals surface area contributed by atoms with Crippen molar-refractivity contribution in [3.05, 3.63) is 0 Å². The van der Waals surface area contributed by atoms with Crippen molar-refractivity contribution >= 4 is 83.6 Å². The minimum absolute atomic E-state index is 0. The van der Waals surface area contributed by atoms with Crippen LogP contribution in [0.25, 0.3) is 0 Å². The summed E-state index contributed by atoms with van der Waals surface area (Å²) in [7, 11) is 0. The van der Waals surface area contributed by atoms with E-state index in [9.17, 15) is 67.1 Å². The molecule has 39 nitrogen and oxygen atoms in total. The third kappa shape index (κ3) is 24.7. The summed E-state index contributed by atoms with van der Waals surface area (Å²) < 4.78 is 121. The first-order valence-corrected chi connectivity index (χ1v) is 26.5. The summed E-state index contributed by atoms with van der Waals surface area (Å²) in [6, 6.07) is 0. The second-order valence-corrected chi connectivity index (χ2v) is 19.5. The van der Waals surface area contributed by atoms with Crippen molar-refractivity contribution in [1.29, 1.82) is 0 Å². The molecule has 520 valence electrons. The number of esters is 14. The molecule has 0 spiro atoms. The van der Waals surface area contributed by atoms with E-state index >= 15 is 0 Å². The van der Waals surface area contributed by atoms with Crippen molar-refractivity contribution in [1.82, 2.24) is 0 Å². The lowest BCUT2D eigenvalue weighted by Gasteiger charge is -2.48. The van der Waals surface area contributed by atoms with Gasteiger partial charge in [-0.15, -0.1) is 0 Å². The Morgan fingerprint density at radius 3 is 0.835 bits per heavy atom. The van der Waals surface area contributed by atoms with E-state index in [-0.39, 0.29) is 21.9 Å². The molecule has 4 aliphatic heterocycles. The molecule has 19 atom stereocenters. The van der Waals surface area contributed by atoms with Crippen molar-refractivity contribution in [3.63, 3.8) is 0 Å².